The molecule has 1 atom stereocenters. The van der Waals surface area contributed by atoms with Crippen LogP contribution in [0, 0.1) is 5.92 Å². The molecule has 0 bridgehead atoms. The molecule has 0 fully saturated rings. The van der Waals surface area contributed by atoms with Crippen LogP contribution >= 0.6 is 0 Å². The van der Waals surface area contributed by atoms with E-state index < -0.39 is 17.7 Å². The smallest absolute Gasteiger partial charge is 0.408 e. The number of amides is 2. The molecule has 1 aliphatic rings. The standard InChI is InChI=1S/C23H34N2O5/c1-7-29-21(27)17-10-11-19-16(14-17)9-8-12-25(19)20(26)18(13-15(2)3)24-22(28)30-23(4,5)6/h10-11,14-15,18H,7-9,12-13H2,1-6H3,(H,24,28)/t18-/m0/s1. The van der Waals surface area contributed by atoms with E-state index in [2.05, 4.69) is 5.32 Å². The van der Waals surface area contributed by atoms with Crippen molar-refractivity contribution >= 4 is 23.7 Å². The predicted octanol–water partition coefficient (Wildman–Crippen LogP) is 4.08. The Morgan fingerprint density at radius 3 is 2.50 bits per heavy atom. The third-order valence-electron chi connectivity index (χ3n) is 4.67. The highest BCUT2D eigenvalue weighted by molar-refractivity contribution is 6.00. The lowest BCUT2D eigenvalue weighted by Gasteiger charge is -2.33. The Hall–Kier alpha value is -2.57. The quantitative estimate of drug-likeness (QED) is 0.704. The summed E-state index contributed by atoms with van der Waals surface area (Å²) in [5.74, 6) is -0.322. The van der Waals surface area contributed by atoms with Crippen LogP contribution in [-0.4, -0.2) is 42.8 Å². The summed E-state index contributed by atoms with van der Waals surface area (Å²) in [6, 6.07) is 4.58. The van der Waals surface area contributed by atoms with E-state index in [1.165, 1.54) is 0 Å². The number of hydrogen-bond donors (Lipinski definition) is 1. The number of benzene rings is 1. The van der Waals surface area contributed by atoms with Crippen molar-refractivity contribution in [3.63, 3.8) is 0 Å². The summed E-state index contributed by atoms with van der Waals surface area (Å²) in [5.41, 5.74) is 1.55. The highest BCUT2D eigenvalue weighted by Gasteiger charge is 2.32. The van der Waals surface area contributed by atoms with Gasteiger partial charge in [0, 0.05) is 12.2 Å². The van der Waals surface area contributed by atoms with Crippen LogP contribution in [0.1, 0.15) is 70.3 Å². The van der Waals surface area contributed by atoms with Gasteiger partial charge in [0.1, 0.15) is 11.6 Å². The van der Waals surface area contributed by atoms with Crippen LogP contribution in [-0.2, 0) is 20.7 Å². The van der Waals surface area contributed by atoms with E-state index in [4.69, 9.17) is 9.47 Å². The third kappa shape index (κ3) is 6.47. The maximum absolute atomic E-state index is 13.4. The molecule has 7 heteroatoms. The van der Waals surface area contributed by atoms with E-state index in [0.717, 1.165) is 24.1 Å². The number of carbonyl (C=O) groups excluding carboxylic acids is 3. The largest absolute Gasteiger partial charge is 0.462 e. The fourth-order valence-electron chi connectivity index (χ4n) is 3.50. The Morgan fingerprint density at radius 2 is 1.90 bits per heavy atom. The van der Waals surface area contributed by atoms with Crippen LogP contribution in [0.15, 0.2) is 18.2 Å². The molecule has 30 heavy (non-hydrogen) atoms. The number of carbonyl (C=O) groups is 3. The Kier molecular flexibility index (Phi) is 7.87. The minimum Gasteiger partial charge on any atom is -0.462 e. The van der Waals surface area contributed by atoms with Crippen LogP contribution in [0.3, 0.4) is 0 Å². The number of nitrogens with one attached hydrogen (secondary N) is 1. The zero-order chi connectivity index (χ0) is 22.5. The van der Waals surface area contributed by atoms with Crippen molar-refractivity contribution in [2.75, 3.05) is 18.1 Å². The van der Waals surface area contributed by atoms with Crippen LogP contribution in [0.25, 0.3) is 0 Å². The van der Waals surface area contributed by atoms with Gasteiger partial charge in [0.2, 0.25) is 5.91 Å². The molecule has 7 nitrogen and oxygen atoms in total. The van der Waals surface area contributed by atoms with Gasteiger partial charge in [-0.1, -0.05) is 13.8 Å². The third-order valence-corrected chi connectivity index (χ3v) is 4.67. The maximum atomic E-state index is 13.4. The molecular weight excluding hydrogens is 384 g/mol. The molecule has 0 saturated heterocycles. The monoisotopic (exact) mass is 418 g/mol. The van der Waals surface area contributed by atoms with Gasteiger partial charge in [0.15, 0.2) is 0 Å². The Morgan fingerprint density at radius 1 is 1.20 bits per heavy atom. The van der Waals surface area contributed by atoms with Crippen molar-refractivity contribution < 1.29 is 23.9 Å². The van der Waals surface area contributed by atoms with Crippen LogP contribution in [0.5, 0.6) is 0 Å². The van der Waals surface area contributed by atoms with Crippen LogP contribution in [0.2, 0.25) is 0 Å². The average Bonchev–Trinajstić information content (AvgIpc) is 2.64. The van der Waals surface area contributed by atoms with Crippen molar-refractivity contribution in [2.24, 2.45) is 5.92 Å². The molecule has 1 aromatic carbocycles. The van der Waals surface area contributed by atoms with E-state index in [1.807, 2.05) is 13.8 Å². The lowest BCUT2D eigenvalue weighted by atomic mass is 9.97. The zero-order valence-electron chi connectivity index (χ0n) is 18.9. The Bertz CT molecular complexity index is 782. The SMILES string of the molecule is CCOC(=O)c1ccc2c(c1)CCCN2C(=O)[C@H](CC(C)C)NC(=O)OC(C)(C)C. The minimum atomic E-state index is -0.685. The predicted molar refractivity (Wildman–Crippen MR) is 116 cm³/mol. The molecule has 0 aromatic heterocycles. The van der Waals surface area contributed by atoms with Gasteiger partial charge in [-0.25, -0.2) is 9.59 Å². The Labute approximate surface area is 179 Å². The summed E-state index contributed by atoms with van der Waals surface area (Å²) < 4.78 is 10.4. The molecular formula is C23H34N2O5. The van der Waals surface area contributed by atoms with Gasteiger partial charge in [-0.2, -0.15) is 0 Å². The van der Waals surface area contributed by atoms with Crippen molar-refractivity contribution in [3.8, 4) is 0 Å². The lowest BCUT2D eigenvalue weighted by molar-refractivity contribution is -0.121. The molecule has 2 amide bonds. The molecule has 1 heterocycles. The summed E-state index contributed by atoms with van der Waals surface area (Å²) >= 11 is 0. The van der Waals surface area contributed by atoms with Gasteiger partial charge in [0.05, 0.1) is 12.2 Å². The summed E-state index contributed by atoms with van der Waals surface area (Å²) in [5, 5.41) is 2.75. The fourth-order valence-corrected chi connectivity index (χ4v) is 3.50. The summed E-state index contributed by atoms with van der Waals surface area (Å²) in [6.45, 7) is 12.0. The second-order valence-electron chi connectivity index (χ2n) is 8.99. The van der Waals surface area contributed by atoms with E-state index in [0.29, 0.717) is 25.1 Å². The highest BCUT2D eigenvalue weighted by Crippen LogP contribution is 2.29. The first-order chi connectivity index (χ1) is 14.0. The van der Waals surface area contributed by atoms with Crippen molar-refractivity contribution in [1.29, 1.82) is 0 Å². The van der Waals surface area contributed by atoms with Gasteiger partial charge in [-0.15, -0.1) is 0 Å². The number of nitrogens with zero attached hydrogens (tertiary/aromatic N) is 1. The molecule has 1 aromatic rings. The topological polar surface area (TPSA) is 84.9 Å². The van der Waals surface area contributed by atoms with Crippen molar-refractivity contribution in [2.45, 2.75) is 72.4 Å². The molecule has 0 saturated carbocycles. The number of esters is 1. The number of ether oxygens (including phenoxy) is 2. The molecule has 1 N–H and O–H groups in total. The number of fused-ring (bicyclic) bond motifs is 1. The van der Waals surface area contributed by atoms with E-state index in [9.17, 15) is 14.4 Å². The first-order valence-corrected chi connectivity index (χ1v) is 10.6. The number of rotatable bonds is 6. The second-order valence-corrected chi connectivity index (χ2v) is 8.99. The van der Waals surface area contributed by atoms with E-state index >= 15 is 0 Å². The first-order valence-electron chi connectivity index (χ1n) is 10.6. The molecule has 0 aliphatic carbocycles. The molecule has 0 unspecified atom stereocenters. The molecule has 0 radical (unpaired) electrons. The highest BCUT2D eigenvalue weighted by atomic mass is 16.6. The summed E-state index contributed by atoms with van der Waals surface area (Å²) in [7, 11) is 0. The summed E-state index contributed by atoms with van der Waals surface area (Å²) in [4.78, 5) is 39.4. The van der Waals surface area contributed by atoms with Crippen molar-refractivity contribution in [1.82, 2.24) is 5.32 Å². The average molecular weight is 419 g/mol. The molecule has 1 aliphatic heterocycles. The molecule has 2 rings (SSSR count). The Balaban J connectivity index is 2.24. The van der Waals surface area contributed by atoms with Gasteiger partial charge in [0.25, 0.3) is 0 Å². The number of hydrogen-bond acceptors (Lipinski definition) is 5. The van der Waals surface area contributed by atoms with Crippen molar-refractivity contribution in [3.05, 3.63) is 29.3 Å². The van der Waals surface area contributed by atoms with E-state index in [1.54, 1.807) is 50.8 Å². The normalized spacial score (nSPS) is 14.7. The number of alkyl carbamates (subject to hydrolysis) is 1. The van der Waals surface area contributed by atoms with Gasteiger partial charge in [-0.05, 0) is 76.6 Å². The first kappa shape index (κ1) is 23.7. The fraction of sp³-hybridized carbons (Fsp3) is 0.609. The summed E-state index contributed by atoms with van der Waals surface area (Å²) in [6.07, 6.45) is 1.47. The number of aryl methyl sites for hydroxylation is 1. The molecule has 0 spiro atoms. The van der Waals surface area contributed by atoms with Crippen LogP contribution < -0.4 is 10.2 Å². The minimum absolute atomic E-state index is 0.167. The zero-order valence-corrected chi connectivity index (χ0v) is 18.9. The van der Waals surface area contributed by atoms with E-state index in [-0.39, 0.29) is 17.8 Å². The van der Waals surface area contributed by atoms with Gasteiger partial charge in [-0.3, -0.25) is 4.79 Å². The number of anilines is 1. The second kappa shape index (κ2) is 9.96. The van der Waals surface area contributed by atoms with Gasteiger partial charge < -0.3 is 19.7 Å². The lowest BCUT2D eigenvalue weighted by Crippen LogP contribution is -2.51. The maximum Gasteiger partial charge on any atom is 0.408 e. The van der Waals surface area contributed by atoms with Gasteiger partial charge >= 0.3 is 12.1 Å². The molecule has 166 valence electrons. The van der Waals surface area contributed by atoms with Crippen LogP contribution in [0.4, 0.5) is 10.5 Å².